The molecule has 0 bridgehead atoms. The summed E-state index contributed by atoms with van der Waals surface area (Å²) in [5.74, 6) is -11.8. The van der Waals surface area contributed by atoms with Crippen molar-refractivity contribution >= 4 is 118 Å². The summed E-state index contributed by atoms with van der Waals surface area (Å²) in [6.45, 7) is 8.00. The van der Waals surface area contributed by atoms with Crippen LogP contribution in [0.2, 0.25) is 0 Å². The van der Waals surface area contributed by atoms with E-state index in [1.54, 1.807) is 62.1 Å². The molecule has 20 N–H and O–H groups in total. The lowest BCUT2D eigenvalue weighted by atomic mass is 10.0. The second-order valence-electron chi connectivity index (χ2n) is 32.2. The Kier molecular flexibility index (Phi) is 66.8. The second kappa shape index (κ2) is 77.8. The maximum atomic E-state index is 13.6. The fourth-order valence-electron chi connectivity index (χ4n) is 13.3. The largest absolute Gasteiger partial charge is 0.481 e. The number of hydrogen-bond donors (Lipinski definition) is 20. The van der Waals surface area contributed by atoms with Crippen LogP contribution in [-0.4, -0.2) is 411 Å². The Labute approximate surface area is 845 Å². The van der Waals surface area contributed by atoms with Crippen LogP contribution in [0.5, 0.6) is 0 Å². The van der Waals surface area contributed by atoms with Crippen LogP contribution in [0.1, 0.15) is 86.5 Å². The number of allylic oxidation sites excluding steroid dienone is 3. The highest BCUT2D eigenvalue weighted by molar-refractivity contribution is 7.80. The van der Waals surface area contributed by atoms with Gasteiger partial charge in [-0.15, -0.1) is 0 Å². The number of aliphatic carboxylic acids is 8. The first kappa shape index (κ1) is 125. The van der Waals surface area contributed by atoms with Crippen molar-refractivity contribution in [3.8, 4) is 0 Å². The van der Waals surface area contributed by atoms with Gasteiger partial charge in [0.25, 0.3) is 5.91 Å². The van der Waals surface area contributed by atoms with Crippen molar-refractivity contribution in [1.82, 2.24) is 67.5 Å². The number of nitrogens with zero attached hydrogens (tertiary/aromatic N) is 5. The predicted octanol–water partition coefficient (Wildman–Crippen LogP) is 1.94. The van der Waals surface area contributed by atoms with E-state index in [4.69, 9.17) is 75.0 Å². The minimum Gasteiger partial charge on any atom is -0.481 e. The molecule has 3 aromatic rings. The number of ether oxygens (including phenoxy) is 11. The van der Waals surface area contributed by atoms with Gasteiger partial charge < -0.3 is 151 Å². The number of benzene rings is 3. The Bertz CT molecular complexity index is 4580. The van der Waals surface area contributed by atoms with Crippen molar-refractivity contribution in [2.45, 2.75) is 96.1 Å². The van der Waals surface area contributed by atoms with E-state index in [9.17, 15) is 103 Å². The molecule has 51 heteroatoms. The van der Waals surface area contributed by atoms with Gasteiger partial charge in [-0.05, 0) is 106 Å². The Morgan fingerprint density at radius 2 is 0.862 bits per heavy atom. The van der Waals surface area contributed by atoms with Gasteiger partial charge in [-0.25, -0.2) is 29.5 Å². The summed E-state index contributed by atoms with van der Waals surface area (Å²) >= 11 is 5.61. The van der Waals surface area contributed by atoms with Crippen molar-refractivity contribution in [1.29, 1.82) is 5.53 Å². The van der Waals surface area contributed by atoms with Gasteiger partial charge in [0.1, 0.15) is 28.8 Å². The molecule has 0 aromatic heterocycles. The maximum absolute atomic E-state index is 13.6. The normalized spacial score (nSPS) is 14.0. The summed E-state index contributed by atoms with van der Waals surface area (Å²) in [4.78, 5) is 177. The number of carbonyl (C=O) groups is 14. The second-order valence-corrected chi connectivity index (χ2v) is 32.6. The van der Waals surface area contributed by atoms with Crippen molar-refractivity contribution < 1.29 is 160 Å². The van der Waals surface area contributed by atoms with Crippen LogP contribution in [0.25, 0.3) is 5.70 Å². The molecule has 806 valence electrons. The first-order valence-electron chi connectivity index (χ1n) is 47.4. The molecule has 1 unspecified atom stereocenters. The zero-order chi connectivity index (χ0) is 106. The topological polar surface area (TPSA) is 684 Å². The van der Waals surface area contributed by atoms with Crippen LogP contribution in [0, 0.1) is 12.5 Å². The van der Waals surface area contributed by atoms with E-state index in [-0.39, 0.29) is 218 Å². The molecule has 1 saturated heterocycles. The third-order valence-corrected chi connectivity index (χ3v) is 20.8. The van der Waals surface area contributed by atoms with Crippen molar-refractivity contribution in [2.24, 2.45) is 5.11 Å². The predicted molar refractivity (Wildman–Crippen MR) is 527 cm³/mol. The number of unbranched alkanes of at least 4 members (excludes halogenated alkanes) is 3. The standard InChI is InChI=1S/C94H141N17O33S/c1-68-14-16-70(17-15-68)60-82(114)97-26-5-3-12-76(89(126)127)104-81(113)25-38-135-42-46-139-49-51-141-53-55-143-57-58-144-56-54-142-52-50-140-48-44-137-40-30-98-88(125)75(11-2-7-28-100-94(145)102-72-20-18-69(19-21-72)59-74-63-110(66-86(121)122)34-33-108(64-84(117)118)31-32-109(65-85(119)120)35-36-111(74)67-87(123)124)103-80(112)24-37-134-41-45-138-47-43-136-39-29-96-62-79(107-95)71-9-8-10-73(61-71)101-92(132)99-27-6-4-13-77(90(128)129)105-93(133)106-78(91(130)131)22-23-83(115)116/h8-21,61-62,74,78,95-96H,2-7,22-60,63-67H2,1H3,(H,97,114)(H,98,125)(H,103,112)(H,104,113)(H,115,116)(H,117,118)(H,119,120)(H,121,122)(H,123,124)(H,126,127)(H,128,129)(H,130,131)(H2,99,101,132)(H2,100,102,145)(H2,105,106,133)/b75-11+,76-12+,77-13+,79-62-,107-95?/t74?,78-/m0/s1. The maximum Gasteiger partial charge on any atom is 0.352 e. The van der Waals surface area contributed by atoms with Crippen LogP contribution >= 0.6 is 12.2 Å². The fraction of sp³-hybridized carbons (Fsp3) is 0.564. The van der Waals surface area contributed by atoms with E-state index in [1.807, 2.05) is 54.0 Å². The van der Waals surface area contributed by atoms with Gasteiger partial charge in [0, 0.05) is 114 Å². The minimum atomic E-state index is -1.58. The van der Waals surface area contributed by atoms with Gasteiger partial charge in [0.15, 0.2) is 5.11 Å². The molecule has 1 heterocycles. The number of thiocarbonyl (C=S) groups is 1. The smallest absolute Gasteiger partial charge is 0.352 e. The van der Waals surface area contributed by atoms with Crippen molar-refractivity contribution in [2.75, 3.05) is 261 Å². The molecule has 2 atom stereocenters. The lowest BCUT2D eigenvalue weighted by molar-refractivity contribution is -0.142. The van der Waals surface area contributed by atoms with Crippen molar-refractivity contribution in [3.63, 3.8) is 0 Å². The molecule has 1 fully saturated rings. The number of carbonyl (C=O) groups excluding carboxylic acids is 6. The number of hydrogen-bond acceptors (Lipinski definition) is 33. The number of carboxylic acids is 8. The van der Waals surface area contributed by atoms with Crippen LogP contribution < -0.4 is 58.5 Å². The highest BCUT2D eigenvalue weighted by Gasteiger charge is 2.29. The van der Waals surface area contributed by atoms with Crippen LogP contribution in [-0.2, 0) is 122 Å². The molecule has 8 amide bonds. The monoisotopic (exact) mass is 2070 g/mol. The van der Waals surface area contributed by atoms with Crippen molar-refractivity contribution in [3.05, 3.63) is 137 Å². The number of nitrogens with one attached hydrogen (secondary N) is 12. The quantitative estimate of drug-likeness (QED) is 0.0166. The van der Waals surface area contributed by atoms with Crippen LogP contribution in [0.4, 0.5) is 21.0 Å². The van der Waals surface area contributed by atoms with E-state index < -0.39 is 121 Å². The first-order chi connectivity index (χ1) is 69.8. The highest BCUT2D eigenvalue weighted by atomic mass is 32.1. The van der Waals surface area contributed by atoms with E-state index >= 15 is 0 Å². The number of anilines is 2. The lowest BCUT2D eigenvalue weighted by Gasteiger charge is -2.37. The fourth-order valence-corrected chi connectivity index (χ4v) is 13.5. The van der Waals surface area contributed by atoms with E-state index in [2.05, 4.69) is 53.0 Å². The van der Waals surface area contributed by atoms with Crippen LogP contribution in [0.3, 0.4) is 0 Å². The van der Waals surface area contributed by atoms with Gasteiger partial charge in [0.05, 0.1) is 191 Å². The van der Waals surface area contributed by atoms with Gasteiger partial charge in [-0.3, -0.25) is 62.8 Å². The average Bonchev–Trinajstić information content (AvgIpc) is 0.846. The first-order valence-corrected chi connectivity index (χ1v) is 47.8. The lowest BCUT2D eigenvalue weighted by Crippen LogP contribution is -2.53. The third-order valence-electron chi connectivity index (χ3n) is 20.6. The summed E-state index contributed by atoms with van der Waals surface area (Å²) in [5, 5.41) is 110. The van der Waals surface area contributed by atoms with Gasteiger partial charge in [-0.1, -0.05) is 72.3 Å². The third kappa shape index (κ3) is 63.9. The molecule has 0 aliphatic carbocycles. The molecule has 4 rings (SSSR count). The minimum absolute atomic E-state index is 0.00493. The molecule has 0 radical (unpaired) electrons. The van der Waals surface area contributed by atoms with Gasteiger partial charge in [-0.2, -0.15) is 5.11 Å². The van der Waals surface area contributed by atoms with E-state index in [1.165, 1.54) is 12.3 Å². The van der Waals surface area contributed by atoms with E-state index in [0.717, 1.165) is 22.8 Å². The molecule has 3 aromatic carbocycles. The Morgan fingerprint density at radius 3 is 1.34 bits per heavy atom. The Hall–Kier alpha value is -12.7. The summed E-state index contributed by atoms with van der Waals surface area (Å²) in [6, 6.07) is 17.4. The Morgan fingerprint density at radius 1 is 0.428 bits per heavy atom. The molecule has 1 aliphatic heterocycles. The molecule has 145 heavy (non-hydrogen) atoms. The average molecular weight is 2070 g/mol. The molecular weight excluding hydrogens is 1930 g/mol. The van der Waals surface area contributed by atoms with Gasteiger partial charge in [0.2, 0.25) is 17.7 Å². The summed E-state index contributed by atoms with van der Waals surface area (Å²) in [5.41, 5.74) is 11.4. The summed E-state index contributed by atoms with van der Waals surface area (Å²) < 4.78 is 61.3. The number of rotatable bonds is 79. The molecule has 0 spiro atoms. The molecule has 0 saturated carbocycles. The summed E-state index contributed by atoms with van der Waals surface area (Å²) in [6.07, 6.45) is 6.90. The zero-order valence-electron chi connectivity index (χ0n) is 81.7. The van der Waals surface area contributed by atoms with Crippen LogP contribution in [0.15, 0.2) is 119 Å². The molecule has 1 aliphatic rings. The summed E-state index contributed by atoms with van der Waals surface area (Å²) in [7, 11) is 0. The van der Waals surface area contributed by atoms with E-state index in [0.29, 0.717) is 128 Å². The molecule has 50 nitrogen and oxygen atoms in total. The molecular formula is C94H141N17O33S. The Balaban J connectivity index is 1.14. The number of urea groups is 2. The number of amides is 8. The van der Waals surface area contributed by atoms with Gasteiger partial charge >= 0.3 is 59.8 Å². The number of carboxylic acid groups (broad SMARTS) is 8. The SMILES string of the molecule is Cc1ccc(CC(=O)NCCC/C=C(/NC(=O)CCOCCOCCOCCOCCOCCOCCOCCOCCNC(=O)/C(=C\CCCNC(=S)Nc2ccc(CC3CN(CC(=O)O)CCN(CC(=O)O)CCN(CC(=O)O)CCN3CC(=O)O)cc2)NC(=O)CCOCCOCCOCCN/C=C(\N=N)c2cccc(NC(=O)NCCC/C=C(/NC(=O)N[C@@H](CCC(=O)O)C(=O)O)C(=O)O)c2)C(=O)O)cc1. The highest BCUT2D eigenvalue weighted by Crippen LogP contribution is 2.21. The number of aryl methyl sites for hydroxylation is 1. The zero-order valence-corrected chi connectivity index (χ0v) is 82.5.